The van der Waals surface area contributed by atoms with Crippen LogP contribution in [0.2, 0.25) is 0 Å². The number of aliphatic hydroxyl groups excluding tert-OH is 1. The zero-order valence-corrected chi connectivity index (χ0v) is 11.8. The molecule has 1 unspecified atom stereocenters. The number of hydrogen-bond acceptors (Lipinski definition) is 3. The summed E-state index contributed by atoms with van der Waals surface area (Å²) in [6.07, 6.45) is 3.87. The van der Waals surface area contributed by atoms with Gasteiger partial charge in [-0.15, -0.1) is 0 Å². The van der Waals surface area contributed by atoms with Crippen molar-refractivity contribution < 1.29 is 9.52 Å². The lowest BCUT2D eigenvalue weighted by Crippen LogP contribution is -2.29. The summed E-state index contributed by atoms with van der Waals surface area (Å²) in [6, 6.07) is 8.15. The average Bonchev–Trinajstić information content (AvgIpc) is 2.86. The van der Waals surface area contributed by atoms with Gasteiger partial charge >= 0.3 is 0 Å². The monoisotopic (exact) mass is 261 g/mol. The Balaban J connectivity index is 1.91. The zero-order valence-electron chi connectivity index (χ0n) is 11.8. The highest BCUT2D eigenvalue weighted by molar-refractivity contribution is 5.80. The summed E-state index contributed by atoms with van der Waals surface area (Å²) in [5.74, 6) is 0.381. The minimum Gasteiger partial charge on any atom is -0.464 e. The van der Waals surface area contributed by atoms with E-state index in [9.17, 15) is 5.11 Å². The molecule has 2 aromatic rings. The largest absolute Gasteiger partial charge is 0.464 e. The minimum atomic E-state index is 0.273. The third-order valence-corrected chi connectivity index (χ3v) is 3.73. The van der Waals surface area contributed by atoms with Gasteiger partial charge < -0.3 is 14.4 Å². The van der Waals surface area contributed by atoms with Crippen LogP contribution in [0.3, 0.4) is 0 Å². The number of benzene rings is 1. The first-order valence-corrected chi connectivity index (χ1v) is 6.99. The molecule has 0 bridgehead atoms. The molecule has 1 N–H and O–H groups in total. The number of nitrogens with zero attached hydrogens (tertiary/aromatic N) is 1. The maximum Gasteiger partial charge on any atom is 0.134 e. The van der Waals surface area contributed by atoms with Crippen molar-refractivity contribution in [2.24, 2.45) is 5.92 Å². The van der Waals surface area contributed by atoms with Crippen molar-refractivity contribution in [2.75, 3.05) is 26.7 Å². The molecule has 2 rings (SSSR count). The van der Waals surface area contributed by atoms with Gasteiger partial charge in [-0.2, -0.15) is 0 Å². The van der Waals surface area contributed by atoms with Gasteiger partial charge in [0.05, 0.1) is 6.26 Å². The number of aliphatic hydroxyl groups is 1. The van der Waals surface area contributed by atoms with E-state index in [1.54, 1.807) is 0 Å². The third kappa shape index (κ3) is 3.58. The van der Waals surface area contributed by atoms with Gasteiger partial charge in [0.15, 0.2) is 0 Å². The SMILES string of the molecule is CCC(CO)CN(C)CCc1coc2ccccc12. The third-order valence-electron chi connectivity index (χ3n) is 3.73. The van der Waals surface area contributed by atoms with Gasteiger partial charge in [-0.05, 0) is 37.4 Å². The molecule has 0 saturated heterocycles. The lowest BCUT2D eigenvalue weighted by atomic mass is 10.1. The second-order valence-electron chi connectivity index (χ2n) is 5.23. The molecule has 3 heteroatoms. The Kier molecular flexibility index (Phi) is 5.00. The number of para-hydroxylation sites is 1. The minimum absolute atomic E-state index is 0.273. The molecular formula is C16H23NO2. The highest BCUT2D eigenvalue weighted by Crippen LogP contribution is 2.21. The maximum atomic E-state index is 9.23. The lowest BCUT2D eigenvalue weighted by molar-refractivity contribution is 0.177. The van der Waals surface area contributed by atoms with Crippen molar-refractivity contribution >= 4 is 11.0 Å². The first-order chi connectivity index (χ1) is 9.24. The number of rotatable bonds is 7. The fourth-order valence-corrected chi connectivity index (χ4v) is 2.39. The van der Waals surface area contributed by atoms with E-state index >= 15 is 0 Å². The van der Waals surface area contributed by atoms with Crippen molar-refractivity contribution in [3.63, 3.8) is 0 Å². The topological polar surface area (TPSA) is 36.6 Å². The quantitative estimate of drug-likeness (QED) is 0.832. The molecule has 0 fully saturated rings. The molecule has 0 radical (unpaired) electrons. The van der Waals surface area contributed by atoms with Crippen LogP contribution in [0.5, 0.6) is 0 Å². The molecule has 3 nitrogen and oxygen atoms in total. The normalized spacial score (nSPS) is 13.3. The molecule has 0 amide bonds. The number of hydrogen-bond donors (Lipinski definition) is 1. The lowest BCUT2D eigenvalue weighted by Gasteiger charge is -2.21. The molecular weight excluding hydrogens is 238 g/mol. The fourth-order valence-electron chi connectivity index (χ4n) is 2.39. The summed E-state index contributed by atoms with van der Waals surface area (Å²) < 4.78 is 5.55. The molecule has 1 atom stereocenters. The van der Waals surface area contributed by atoms with Crippen molar-refractivity contribution in [2.45, 2.75) is 19.8 Å². The van der Waals surface area contributed by atoms with Crippen molar-refractivity contribution in [1.82, 2.24) is 4.90 Å². The van der Waals surface area contributed by atoms with E-state index in [2.05, 4.69) is 24.9 Å². The first kappa shape index (κ1) is 14.1. The van der Waals surface area contributed by atoms with E-state index in [0.29, 0.717) is 5.92 Å². The van der Waals surface area contributed by atoms with Crippen molar-refractivity contribution in [1.29, 1.82) is 0 Å². The zero-order chi connectivity index (χ0) is 13.7. The highest BCUT2D eigenvalue weighted by atomic mass is 16.3. The molecule has 0 saturated carbocycles. The predicted molar refractivity (Wildman–Crippen MR) is 78.3 cm³/mol. The van der Waals surface area contributed by atoms with Crippen LogP contribution in [-0.2, 0) is 6.42 Å². The second kappa shape index (κ2) is 6.73. The van der Waals surface area contributed by atoms with Gasteiger partial charge in [0.1, 0.15) is 5.58 Å². The Labute approximate surface area is 114 Å². The number of furan rings is 1. The second-order valence-corrected chi connectivity index (χ2v) is 5.23. The molecule has 0 aliphatic carbocycles. The smallest absolute Gasteiger partial charge is 0.134 e. The van der Waals surface area contributed by atoms with Crippen LogP contribution in [-0.4, -0.2) is 36.8 Å². The molecule has 19 heavy (non-hydrogen) atoms. The van der Waals surface area contributed by atoms with Crippen LogP contribution >= 0.6 is 0 Å². The number of likely N-dealkylation sites (N-methyl/N-ethyl adjacent to an activating group) is 1. The summed E-state index contributed by atoms with van der Waals surface area (Å²) in [6.45, 7) is 4.33. The van der Waals surface area contributed by atoms with Gasteiger partial charge in [-0.25, -0.2) is 0 Å². The van der Waals surface area contributed by atoms with E-state index < -0.39 is 0 Å². The van der Waals surface area contributed by atoms with Crippen LogP contribution < -0.4 is 0 Å². The molecule has 104 valence electrons. The summed E-state index contributed by atoms with van der Waals surface area (Å²) >= 11 is 0. The van der Waals surface area contributed by atoms with Gasteiger partial charge in [0.25, 0.3) is 0 Å². The van der Waals surface area contributed by atoms with E-state index in [-0.39, 0.29) is 6.61 Å². The van der Waals surface area contributed by atoms with E-state index in [1.807, 2.05) is 24.5 Å². The van der Waals surface area contributed by atoms with Crippen LogP contribution in [0.1, 0.15) is 18.9 Å². The van der Waals surface area contributed by atoms with E-state index in [1.165, 1.54) is 10.9 Å². The van der Waals surface area contributed by atoms with Crippen LogP contribution in [0, 0.1) is 5.92 Å². The Morgan fingerprint density at radius 2 is 2.11 bits per heavy atom. The van der Waals surface area contributed by atoms with Crippen LogP contribution in [0.15, 0.2) is 34.9 Å². The van der Waals surface area contributed by atoms with Crippen molar-refractivity contribution in [3.05, 3.63) is 36.1 Å². The van der Waals surface area contributed by atoms with E-state index in [4.69, 9.17) is 4.42 Å². The van der Waals surface area contributed by atoms with Gasteiger partial charge in [-0.1, -0.05) is 25.1 Å². The summed E-state index contributed by atoms with van der Waals surface area (Å²) in [4.78, 5) is 2.28. The van der Waals surface area contributed by atoms with Gasteiger partial charge in [0, 0.05) is 25.1 Å². The van der Waals surface area contributed by atoms with E-state index in [0.717, 1.165) is 31.5 Å². The fraction of sp³-hybridized carbons (Fsp3) is 0.500. The average molecular weight is 261 g/mol. The van der Waals surface area contributed by atoms with Gasteiger partial charge in [-0.3, -0.25) is 0 Å². The summed E-state index contributed by atoms with van der Waals surface area (Å²) in [5, 5.41) is 10.4. The Morgan fingerprint density at radius 1 is 1.32 bits per heavy atom. The molecule has 0 aliphatic rings. The summed E-state index contributed by atoms with van der Waals surface area (Å²) in [5.41, 5.74) is 2.22. The highest BCUT2D eigenvalue weighted by Gasteiger charge is 2.10. The maximum absolute atomic E-state index is 9.23. The van der Waals surface area contributed by atoms with Gasteiger partial charge in [0.2, 0.25) is 0 Å². The standard InChI is InChI=1S/C16H23NO2/c1-3-13(11-18)10-17(2)9-8-14-12-19-16-7-5-4-6-15(14)16/h4-7,12-13,18H,3,8-11H2,1-2H3. The van der Waals surface area contributed by atoms with Crippen LogP contribution in [0.25, 0.3) is 11.0 Å². The molecule has 1 heterocycles. The molecule has 1 aromatic carbocycles. The molecule has 1 aromatic heterocycles. The summed E-state index contributed by atoms with van der Waals surface area (Å²) in [7, 11) is 2.11. The Morgan fingerprint density at radius 3 is 2.84 bits per heavy atom. The number of fused-ring (bicyclic) bond motifs is 1. The molecule has 0 aliphatic heterocycles. The van der Waals surface area contributed by atoms with Crippen molar-refractivity contribution in [3.8, 4) is 0 Å². The molecule has 0 spiro atoms. The first-order valence-electron chi connectivity index (χ1n) is 6.99. The predicted octanol–water partition coefficient (Wildman–Crippen LogP) is 2.93. The Bertz CT molecular complexity index is 502. The van der Waals surface area contributed by atoms with Crippen LogP contribution in [0.4, 0.5) is 0 Å². The Hall–Kier alpha value is -1.32.